The molecule has 1 amide bonds. The second kappa shape index (κ2) is 6.29. The van der Waals surface area contributed by atoms with Crippen LogP contribution in [0.4, 0.5) is 0 Å². The van der Waals surface area contributed by atoms with E-state index >= 15 is 0 Å². The van der Waals surface area contributed by atoms with Crippen molar-refractivity contribution >= 4 is 5.91 Å². The van der Waals surface area contributed by atoms with Crippen LogP contribution < -0.4 is 15.8 Å². The van der Waals surface area contributed by atoms with Crippen molar-refractivity contribution in [2.45, 2.75) is 32.1 Å². The number of hydrogen-bond donors (Lipinski definition) is 2. The van der Waals surface area contributed by atoms with Crippen LogP contribution in [0.15, 0.2) is 18.2 Å². The molecule has 0 aromatic heterocycles. The highest BCUT2D eigenvalue weighted by Gasteiger charge is 2.42. The zero-order chi connectivity index (χ0) is 15.7. The zero-order valence-corrected chi connectivity index (χ0v) is 13.5. The molecule has 0 unspecified atom stereocenters. The molecule has 0 bridgehead atoms. The Morgan fingerprint density at radius 3 is 2.95 bits per heavy atom. The first-order valence-electron chi connectivity index (χ1n) is 8.27. The minimum absolute atomic E-state index is 0.169. The predicted octanol–water partition coefficient (Wildman–Crippen LogP) is 2.07. The van der Waals surface area contributed by atoms with Crippen molar-refractivity contribution in [1.29, 1.82) is 0 Å². The Balaban J connectivity index is 2.02. The summed E-state index contributed by atoms with van der Waals surface area (Å²) in [5.74, 6) is 2.86. The van der Waals surface area contributed by atoms with Crippen LogP contribution in [0.1, 0.15) is 36.8 Å². The van der Waals surface area contributed by atoms with Gasteiger partial charge >= 0.3 is 0 Å². The van der Waals surface area contributed by atoms with Crippen LogP contribution in [0.2, 0.25) is 0 Å². The quantitative estimate of drug-likeness (QED) is 0.879. The SMILES string of the molecule is COc1ccc2c(c1)CCNC(=O)C[C@H]1[C@H](CN)[C@@H](C)C[C@H]21. The topological polar surface area (TPSA) is 64.3 Å². The highest BCUT2D eigenvalue weighted by molar-refractivity contribution is 5.76. The molecule has 1 heterocycles. The van der Waals surface area contributed by atoms with Crippen LogP contribution in [-0.4, -0.2) is 26.1 Å². The van der Waals surface area contributed by atoms with E-state index in [0.717, 1.165) is 18.6 Å². The zero-order valence-electron chi connectivity index (χ0n) is 13.5. The molecule has 4 nitrogen and oxygen atoms in total. The summed E-state index contributed by atoms with van der Waals surface area (Å²) in [4.78, 5) is 12.2. The molecule has 3 N–H and O–H groups in total. The van der Waals surface area contributed by atoms with Gasteiger partial charge in [-0.2, -0.15) is 0 Å². The first-order chi connectivity index (χ1) is 10.6. The maximum Gasteiger partial charge on any atom is 0.220 e. The van der Waals surface area contributed by atoms with Crippen molar-refractivity contribution in [2.24, 2.45) is 23.5 Å². The summed E-state index contributed by atoms with van der Waals surface area (Å²) in [6.45, 7) is 3.64. The number of nitrogens with two attached hydrogens (primary N) is 1. The Labute approximate surface area is 132 Å². The second-order valence-corrected chi connectivity index (χ2v) is 6.75. The number of rotatable bonds is 2. The number of carbonyl (C=O) groups is 1. The molecule has 4 heteroatoms. The number of nitrogens with one attached hydrogen (secondary N) is 1. The molecular formula is C18H26N2O2. The van der Waals surface area contributed by atoms with Gasteiger partial charge in [-0.3, -0.25) is 4.79 Å². The summed E-state index contributed by atoms with van der Waals surface area (Å²) in [6.07, 6.45) is 2.59. The lowest BCUT2D eigenvalue weighted by molar-refractivity contribution is -0.122. The van der Waals surface area contributed by atoms with Crippen LogP contribution in [-0.2, 0) is 11.2 Å². The van der Waals surface area contributed by atoms with Gasteiger partial charge in [0.1, 0.15) is 5.75 Å². The van der Waals surface area contributed by atoms with Crippen molar-refractivity contribution < 1.29 is 9.53 Å². The van der Waals surface area contributed by atoms with E-state index in [1.54, 1.807) is 7.11 Å². The molecule has 0 spiro atoms. The summed E-state index contributed by atoms with van der Waals surface area (Å²) in [5.41, 5.74) is 8.72. The molecule has 1 aromatic rings. The monoisotopic (exact) mass is 302 g/mol. The summed E-state index contributed by atoms with van der Waals surface area (Å²) in [7, 11) is 1.70. The van der Waals surface area contributed by atoms with E-state index in [2.05, 4.69) is 24.4 Å². The molecule has 1 aliphatic heterocycles. The van der Waals surface area contributed by atoms with Gasteiger partial charge in [-0.1, -0.05) is 13.0 Å². The largest absolute Gasteiger partial charge is 0.497 e. The van der Waals surface area contributed by atoms with E-state index in [1.807, 2.05) is 6.07 Å². The summed E-state index contributed by atoms with van der Waals surface area (Å²) in [5, 5.41) is 3.05. The molecule has 3 rings (SSSR count). The van der Waals surface area contributed by atoms with E-state index in [4.69, 9.17) is 10.5 Å². The van der Waals surface area contributed by atoms with Gasteiger partial charge in [0, 0.05) is 13.0 Å². The smallest absolute Gasteiger partial charge is 0.220 e. The number of ether oxygens (including phenoxy) is 1. The standard InChI is InChI=1S/C18H26N2O2/c1-11-7-15-14-4-3-13(22-2)8-12(14)5-6-20-18(21)9-16(15)17(11)10-19/h3-4,8,11,15-17H,5-7,9-10,19H2,1-2H3,(H,20,21)/t11-,15+,16+,17+/m0/s1. The minimum atomic E-state index is 0.169. The highest BCUT2D eigenvalue weighted by Crippen LogP contribution is 2.49. The predicted molar refractivity (Wildman–Crippen MR) is 86.9 cm³/mol. The lowest BCUT2D eigenvalue weighted by Gasteiger charge is -2.25. The van der Waals surface area contributed by atoms with Gasteiger partial charge in [0.15, 0.2) is 0 Å². The maximum atomic E-state index is 12.2. The number of amides is 1. The van der Waals surface area contributed by atoms with Crippen LogP contribution in [0.3, 0.4) is 0 Å². The lowest BCUT2D eigenvalue weighted by Crippen LogP contribution is -2.31. The van der Waals surface area contributed by atoms with Crippen molar-refractivity contribution in [3.05, 3.63) is 29.3 Å². The summed E-state index contributed by atoms with van der Waals surface area (Å²) < 4.78 is 5.37. The fraction of sp³-hybridized carbons (Fsp3) is 0.611. The molecule has 0 radical (unpaired) electrons. The third-order valence-electron chi connectivity index (χ3n) is 5.58. The Morgan fingerprint density at radius 2 is 2.23 bits per heavy atom. The molecule has 1 aliphatic carbocycles. The molecule has 1 saturated carbocycles. The van der Waals surface area contributed by atoms with Gasteiger partial charge in [-0.15, -0.1) is 0 Å². The van der Waals surface area contributed by atoms with E-state index in [1.165, 1.54) is 11.1 Å². The number of carbonyl (C=O) groups excluding carboxylic acids is 1. The van der Waals surface area contributed by atoms with Gasteiger partial charge < -0.3 is 15.8 Å². The first-order valence-corrected chi connectivity index (χ1v) is 8.27. The average Bonchev–Trinajstić information content (AvgIpc) is 2.84. The Bertz CT molecular complexity index is 558. The van der Waals surface area contributed by atoms with Crippen molar-refractivity contribution in [1.82, 2.24) is 5.32 Å². The van der Waals surface area contributed by atoms with Crippen molar-refractivity contribution in [3.8, 4) is 5.75 Å². The third-order valence-corrected chi connectivity index (χ3v) is 5.58. The van der Waals surface area contributed by atoms with Crippen LogP contribution in [0.5, 0.6) is 5.75 Å². The van der Waals surface area contributed by atoms with Crippen LogP contribution in [0.25, 0.3) is 0 Å². The van der Waals surface area contributed by atoms with Gasteiger partial charge in [-0.05, 0) is 66.3 Å². The number of methoxy groups -OCH3 is 1. The van der Waals surface area contributed by atoms with E-state index in [9.17, 15) is 4.79 Å². The highest BCUT2D eigenvalue weighted by atomic mass is 16.5. The maximum absolute atomic E-state index is 12.2. The first kappa shape index (κ1) is 15.3. The molecular weight excluding hydrogens is 276 g/mol. The van der Waals surface area contributed by atoms with Crippen molar-refractivity contribution in [2.75, 3.05) is 20.2 Å². The average molecular weight is 302 g/mol. The molecule has 1 aromatic carbocycles. The van der Waals surface area contributed by atoms with E-state index in [-0.39, 0.29) is 5.91 Å². The van der Waals surface area contributed by atoms with Gasteiger partial charge in [-0.25, -0.2) is 0 Å². The van der Waals surface area contributed by atoms with Gasteiger partial charge in [0.25, 0.3) is 0 Å². The van der Waals surface area contributed by atoms with Gasteiger partial charge in [0.05, 0.1) is 7.11 Å². The number of benzene rings is 1. The molecule has 1 fully saturated rings. The second-order valence-electron chi connectivity index (χ2n) is 6.75. The number of fused-ring (bicyclic) bond motifs is 3. The Morgan fingerprint density at radius 1 is 1.41 bits per heavy atom. The molecule has 22 heavy (non-hydrogen) atoms. The lowest BCUT2D eigenvalue weighted by atomic mass is 9.80. The van der Waals surface area contributed by atoms with Gasteiger partial charge in [0.2, 0.25) is 5.91 Å². The van der Waals surface area contributed by atoms with Crippen LogP contribution >= 0.6 is 0 Å². The number of hydrogen-bond acceptors (Lipinski definition) is 3. The minimum Gasteiger partial charge on any atom is -0.497 e. The molecule has 120 valence electrons. The van der Waals surface area contributed by atoms with E-state index in [0.29, 0.717) is 43.2 Å². The third kappa shape index (κ3) is 2.72. The Hall–Kier alpha value is -1.55. The summed E-state index contributed by atoms with van der Waals surface area (Å²) in [6, 6.07) is 6.38. The summed E-state index contributed by atoms with van der Waals surface area (Å²) >= 11 is 0. The molecule has 0 saturated heterocycles. The molecule has 2 aliphatic rings. The Kier molecular flexibility index (Phi) is 4.39. The molecule has 4 atom stereocenters. The van der Waals surface area contributed by atoms with Crippen molar-refractivity contribution in [3.63, 3.8) is 0 Å². The van der Waals surface area contributed by atoms with Crippen LogP contribution in [0, 0.1) is 17.8 Å². The normalized spacial score (nSPS) is 31.3. The fourth-order valence-electron chi connectivity index (χ4n) is 4.44. The van der Waals surface area contributed by atoms with E-state index < -0.39 is 0 Å². The fourth-order valence-corrected chi connectivity index (χ4v) is 4.44.